The van der Waals surface area contributed by atoms with Crippen LogP contribution in [0.2, 0.25) is 0 Å². The van der Waals surface area contributed by atoms with Gasteiger partial charge in [0, 0.05) is 10.9 Å². The molecule has 2 heterocycles. The molecule has 0 radical (unpaired) electrons. The van der Waals surface area contributed by atoms with Crippen LogP contribution in [0.3, 0.4) is 0 Å². The van der Waals surface area contributed by atoms with Gasteiger partial charge in [-0.1, -0.05) is 42.1 Å². The average molecular weight is 467 g/mol. The van der Waals surface area contributed by atoms with Gasteiger partial charge < -0.3 is 20.1 Å². The van der Waals surface area contributed by atoms with Gasteiger partial charge in [-0.25, -0.2) is 4.98 Å². The molecule has 0 spiro atoms. The highest BCUT2D eigenvalue weighted by Gasteiger charge is 2.15. The van der Waals surface area contributed by atoms with Crippen molar-refractivity contribution in [3.8, 4) is 34.0 Å². The van der Waals surface area contributed by atoms with E-state index in [0.29, 0.717) is 10.7 Å². The van der Waals surface area contributed by atoms with Gasteiger partial charge in [0.1, 0.15) is 11.3 Å². The molecular weight excluding hydrogens is 448 g/mol. The molecule has 0 atom stereocenters. The number of amides is 1. The summed E-state index contributed by atoms with van der Waals surface area (Å²) >= 11 is 2.32. The standard InChI is InChI=1S/C22H18N4O4S2/c1-30-15-9-7-13(8-10-15)16-11-31-21(23-16)24-17(27)12-32-22-25-19(28)18(20(29)26-22)14-5-3-2-4-6-14/h2-11H,12H2,1H3,(H,23,24,27)(H2,25,26,28,29). The highest BCUT2D eigenvalue weighted by Crippen LogP contribution is 2.27. The molecule has 3 N–H and O–H groups in total. The summed E-state index contributed by atoms with van der Waals surface area (Å²) < 4.78 is 5.15. The van der Waals surface area contributed by atoms with Crippen molar-refractivity contribution >= 4 is 34.1 Å². The molecule has 32 heavy (non-hydrogen) atoms. The number of carbonyl (C=O) groups is 1. The second kappa shape index (κ2) is 9.67. The molecule has 10 heteroatoms. The molecule has 4 rings (SSSR count). The number of aromatic amines is 1. The van der Waals surface area contributed by atoms with Crippen LogP contribution in [-0.2, 0) is 4.79 Å². The van der Waals surface area contributed by atoms with Gasteiger partial charge in [-0.05, 0) is 29.8 Å². The molecule has 0 saturated heterocycles. The monoisotopic (exact) mass is 466 g/mol. The number of aromatic hydroxyl groups is 1. The Morgan fingerprint density at radius 1 is 1.12 bits per heavy atom. The maximum Gasteiger partial charge on any atom is 0.263 e. The van der Waals surface area contributed by atoms with Crippen LogP contribution in [0.5, 0.6) is 11.6 Å². The van der Waals surface area contributed by atoms with E-state index in [1.807, 2.05) is 35.7 Å². The van der Waals surface area contributed by atoms with Crippen molar-refractivity contribution < 1.29 is 14.6 Å². The summed E-state index contributed by atoms with van der Waals surface area (Å²) in [7, 11) is 1.60. The second-order valence-electron chi connectivity index (χ2n) is 6.54. The Hall–Kier alpha value is -3.63. The minimum atomic E-state index is -0.476. The van der Waals surface area contributed by atoms with E-state index in [1.165, 1.54) is 11.3 Å². The quantitative estimate of drug-likeness (QED) is 0.278. The van der Waals surface area contributed by atoms with Gasteiger partial charge >= 0.3 is 0 Å². The van der Waals surface area contributed by atoms with Gasteiger partial charge in [0.05, 0.1) is 18.6 Å². The van der Waals surface area contributed by atoms with E-state index in [-0.39, 0.29) is 28.3 Å². The Morgan fingerprint density at radius 2 is 1.88 bits per heavy atom. The van der Waals surface area contributed by atoms with Gasteiger partial charge in [0.2, 0.25) is 11.8 Å². The van der Waals surface area contributed by atoms with Gasteiger partial charge in [-0.3, -0.25) is 9.59 Å². The number of methoxy groups -OCH3 is 1. The predicted octanol–water partition coefficient (Wildman–Crippen LogP) is 4.01. The summed E-state index contributed by atoms with van der Waals surface area (Å²) in [6.45, 7) is 0. The predicted molar refractivity (Wildman–Crippen MR) is 125 cm³/mol. The molecule has 0 aliphatic rings. The summed E-state index contributed by atoms with van der Waals surface area (Å²) in [5.41, 5.74) is 1.83. The third kappa shape index (κ3) is 4.98. The van der Waals surface area contributed by atoms with E-state index in [9.17, 15) is 14.7 Å². The van der Waals surface area contributed by atoms with Crippen LogP contribution < -0.4 is 15.6 Å². The molecule has 4 aromatic rings. The number of rotatable bonds is 7. The first-order valence-corrected chi connectivity index (χ1v) is 11.3. The maximum absolute atomic E-state index is 12.4. The van der Waals surface area contributed by atoms with E-state index >= 15 is 0 Å². The van der Waals surface area contributed by atoms with Crippen LogP contribution in [-0.4, -0.2) is 38.8 Å². The molecule has 162 valence electrons. The summed E-state index contributed by atoms with van der Waals surface area (Å²) in [6, 6.07) is 16.2. The minimum absolute atomic E-state index is 0.00941. The highest BCUT2D eigenvalue weighted by atomic mass is 32.2. The van der Waals surface area contributed by atoms with Crippen molar-refractivity contribution in [2.75, 3.05) is 18.2 Å². The van der Waals surface area contributed by atoms with Crippen LogP contribution in [0, 0.1) is 0 Å². The Bertz CT molecular complexity index is 1290. The zero-order valence-electron chi connectivity index (χ0n) is 16.9. The van der Waals surface area contributed by atoms with E-state index in [1.54, 1.807) is 31.4 Å². The third-order valence-electron chi connectivity index (χ3n) is 4.42. The van der Waals surface area contributed by atoms with Crippen LogP contribution in [0.15, 0.2) is 69.9 Å². The number of anilines is 1. The van der Waals surface area contributed by atoms with Crippen LogP contribution >= 0.6 is 23.1 Å². The number of benzene rings is 2. The van der Waals surface area contributed by atoms with Crippen LogP contribution in [0.4, 0.5) is 5.13 Å². The lowest BCUT2D eigenvalue weighted by Crippen LogP contribution is -2.16. The first kappa shape index (κ1) is 21.6. The van der Waals surface area contributed by atoms with E-state index in [2.05, 4.69) is 20.3 Å². The van der Waals surface area contributed by atoms with E-state index in [0.717, 1.165) is 28.8 Å². The molecule has 0 bridgehead atoms. The molecule has 1 amide bonds. The van der Waals surface area contributed by atoms with Crippen molar-refractivity contribution in [2.45, 2.75) is 5.16 Å². The molecule has 0 unspecified atom stereocenters. The number of thiazole rings is 1. The Balaban J connectivity index is 1.38. The van der Waals surface area contributed by atoms with E-state index in [4.69, 9.17) is 4.74 Å². The van der Waals surface area contributed by atoms with Crippen molar-refractivity contribution in [3.05, 3.63) is 70.3 Å². The minimum Gasteiger partial charge on any atom is -0.497 e. The zero-order chi connectivity index (χ0) is 22.5. The van der Waals surface area contributed by atoms with Gasteiger partial charge in [0.25, 0.3) is 5.56 Å². The molecule has 0 fully saturated rings. The maximum atomic E-state index is 12.4. The van der Waals surface area contributed by atoms with Crippen LogP contribution in [0.25, 0.3) is 22.4 Å². The van der Waals surface area contributed by atoms with Crippen LogP contribution in [0.1, 0.15) is 0 Å². The van der Waals surface area contributed by atoms with E-state index < -0.39 is 5.56 Å². The first-order valence-electron chi connectivity index (χ1n) is 9.45. The van der Waals surface area contributed by atoms with Gasteiger partial charge in [0.15, 0.2) is 10.3 Å². The number of nitrogens with one attached hydrogen (secondary N) is 2. The van der Waals surface area contributed by atoms with Crippen molar-refractivity contribution in [2.24, 2.45) is 0 Å². The fourth-order valence-electron chi connectivity index (χ4n) is 2.89. The molecule has 2 aromatic carbocycles. The number of aromatic nitrogens is 3. The molecule has 0 aliphatic carbocycles. The highest BCUT2D eigenvalue weighted by molar-refractivity contribution is 7.99. The number of nitrogens with zero attached hydrogens (tertiary/aromatic N) is 2. The number of H-pyrrole nitrogens is 1. The fourth-order valence-corrected chi connectivity index (χ4v) is 4.28. The average Bonchev–Trinajstić information content (AvgIpc) is 3.26. The SMILES string of the molecule is COc1ccc(-c2csc(NC(=O)CSc3nc(O)c(-c4ccccc4)c(=O)[nH]3)n2)cc1. The van der Waals surface area contributed by atoms with Gasteiger partial charge in [-0.15, -0.1) is 11.3 Å². The number of carbonyl (C=O) groups excluding carboxylic acids is 1. The lowest BCUT2D eigenvalue weighted by molar-refractivity contribution is -0.113. The smallest absolute Gasteiger partial charge is 0.263 e. The zero-order valence-corrected chi connectivity index (χ0v) is 18.5. The number of hydrogen-bond donors (Lipinski definition) is 3. The topological polar surface area (TPSA) is 117 Å². The lowest BCUT2D eigenvalue weighted by atomic mass is 10.1. The fraction of sp³-hybridized carbons (Fsp3) is 0.0909. The Labute approximate surface area is 191 Å². The number of ether oxygens (including phenoxy) is 1. The first-order chi connectivity index (χ1) is 15.5. The molecular formula is C22H18N4O4S2. The summed E-state index contributed by atoms with van der Waals surface area (Å²) in [6.07, 6.45) is 0. The number of thioether (sulfide) groups is 1. The number of hydrogen-bond acceptors (Lipinski definition) is 8. The molecule has 0 aliphatic heterocycles. The Morgan fingerprint density at radius 3 is 2.56 bits per heavy atom. The van der Waals surface area contributed by atoms with Crippen molar-refractivity contribution in [3.63, 3.8) is 0 Å². The van der Waals surface area contributed by atoms with Crippen molar-refractivity contribution in [1.29, 1.82) is 0 Å². The molecule has 0 saturated carbocycles. The normalized spacial score (nSPS) is 10.7. The molecule has 8 nitrogen and oxygen atoms in total. The summed E-state index contributed by atoms with van der Waals surface area (Å²) in [5, 5.41) is 15.4. The second-order valence-corrected chi connectivity index (χ2v) is 8.36. The van der Waals surface area contributed by atoms with Gasteiger partial charge in [-0.2, -0.15) is 4.98 Å². The lowest BCUT2D eigenvalue weighted by Gasteiger charge is -2.06. The largest absolute Gasteiger partial charge is 0.497 e. The van der Waals surface area contributed by atoms with Crippen molar-refractivity contribution in [1.82, 2.24) is 15.0 Å². The Kier molecular flexibility index (Phi) is 6.52. The molecule has 2 aromatic heterocycles. The summed E-state index contributed by atoms with van der Waals surface area (Å²) in [5.74, 6) is 0.0562. The third-order valence-corrected chi connectivity index (χ3v) is 6.05. The summed E-state index contributed by atoms with van der Waals surface area (Å²) in [4.78, 5) is 35.7.